The first-order valence-corrected chi connectivity index (χ1v) is 12.2. The van der Waals surface area contributed by atoms with Crippen LogP contribution in [0, 0.1) is 5.82 Å². The summed E-state index contributed by atoms with van der Waals surface area (Å²) >= 11 is 1.55. The number of rotatable bonds is 10. The maximum atomic E-state index is 14.8. The summed E-state index contributed by atoms with van der Waals surface area (Å²) in [5, 5.41) is 19.7. The number of nitrogens with one attached hydrogen (secondary N) is 2. The number of hydrogen-bond acceptors (Lipinski definition) is 5. The molecule has 0 radical (unpaired) electrons. The van der Waals surface area contributed by atoms with Crippen molar-refractivity contribution in [1.29, 1.82) is 0 Å². The lowest BCUT2D eigenvalue weighted by Crippen LogP contribution is -2.58. The highest BCUT2D eigenvalue weighted by molar-refractivity contribution is 7.08. The first kappa shape index (κ1) is 25.1. The van der Waals surface area contributed by atoms with Crippen LogP contribution in [-0.4, -0.2) is 41.3 Å². The number of carboxylic acids is 1. The molecular weight excluding hydrogens is 443 g/mol. The summed E-state index contributed by atoms with van der Waals surface area (Å²) in [6.45, 7) is 5.63. The zero-order valence-electron chi connectivity index (χ0n) is 19.1. The van der Waals surface area contributed by atoms with Gasteiger partial charge in [0.25, 0.3) is 0 Å². The molecule has 3 rings (SSSR count). The van der Waals surface area contributed by atoms with Crippen molar-refractivity contribution in [1.82, 2.24) is 10.6 Å². The molecule has 1 heterocycles. The van der Waals surface area contributed by atoms with E-state index in [1.165, 1.54) is 13.0 Å². The highest BCUT2D eigenvalue weighted by Crippen LogP contribution is 2.27. The third-order valence-corrected chi connectivity index (χ3v) is 6.64. The molecule has 1 amide bonds. The predicted octanol–water partition coefficient (Wildman–Crippen LogP) is 4.51. The van der Waals surface area contributed by atoms with Crippen LogP contribution in [0.15, 0.2) is 46.7 Å². The number of hydrogen-bond donors (Lipinski definition) is 3. The minimum absolute atomic E-state index is 0.0570. The van der Waals surface area contributed by atoms with Gasteiger partial charge in [-0.3, -0.25) is 4.79 Å². The fourth-order valence-corrected chi connectivity index (χ4v) is 4.77. The molecule has 3 N–H and O–H groups in total. The number of carboxylic acid groups (broad SMARTS) is 1. The molecule has 0 aliphatic heterocycles. The van der Waals surface area contributed by atoms with E-state index in [1.54, 1.807) is 23.5 Å². The molecule has 8 heteroatoms. The first-order valence-electron chi connectivity index (χ1n) is 11.2. The Labute approximate surface area is 197 Å². The average molecular weight is 475 g/mol. The molecule has 1 aromatic heterocycles. The zero-order valence-corrected chi connectivity index (χ0v) is 20.0. The molecule has 1 aliphatic carbocycles. The summed E-state index contributed by atoms with van der Waals surface area (Å²) in [5.41, 5.74) is 2.47. The summed E-state index contributed by atoms with van der Waals surface area (Å²) in [6.07, 6.45) is 2.68. The van der Waals surface area contributed by atoms with Gasteiger partial charge in [-0.05, 0) is 59.4 Å². The second-order valence-corrected chi connectivity index (χ2v) is 9.05. The number of thiophene rings is 1. The minimum Gasteiger partial charge on any atom is -0.478 e. The van der Waals surface area contributed by atoms with Crippen LogP contribution < -0.4 is 10.6 Å². The van der Waals surface area contributed by atoms with E-state index in [9.17, 15) is 19.1 Å². The van der Waals surface area contributed by atoms with Crippen molar-refractivity contribution in [3.05, 3.63) is 58.1 Å². The van der Waals surface area contributed by atoms with Crippen LogP contribution in [0.3, 0.4) is 0 Å². The number of carbonyl (C=O) groups excluding carboxylic acids is 1. The summed E-state index contributed by atoms with van der Waals surface area (Å²) < 4.78 is 21.0. The molecule has 0 saturated heterocycles. The number of amides is 1. The molecule has 0 fully saturated rings. The molecule has 0 bridgehead atoms. The number of halogens is 1. The van der Waals surface area contributed by atoms with Crippen molar-refractivity contribution in [2.45, 2.75) is 70.9 Å². The third-order valence-electron chi connectivity index (χ3n) is 5.96. The Balaban J connectivity index is 1.81. The average Bonchev–Trinajstić information content (AvgIpc) is 3.32. The van der Waals surface area contributed by atoms with Crippen LogP contribution >= 0.6 is 11.3 Å². The van der Waals surface area contributed by atoms with Crippen LogP contribution in [0.5, 0.6) is 0 Å². The van der Waals surface area contributed by atoms with Gasteiger partial charge >= 0.3 is 5.97 Å². The molecule has 0 unspecified atom stereocenters. The van der Waals surface area contributed by atoms with E-state index < -0.39 is 24.2 Å². The Morgan fingerprint density at radius 1 is 1.24 bits per heavy atom. The number of benzene rings is 1. The first-order chi connectivity index (χ1) is 15.8. The highest BCUT2D eigenvalue weighted by atomic mass is 32.1. The van der Waals surface area contributed by atoms with Gasteiger partial charge in [0, 0.05) is 30.6 Å². The largest absolute Gasteiger partial charge is 0.478 e. The maximum absolute atomic E-state index is 14.8. The smallest absolute Gasteiger partial charge is 0.331 e. The van der Waals surface area contributed by atoms with E-state index in [0.29, 0.717) is 5.56 Å². The van der Waals surface area contributed by atoms with Crippen molar-refractivity contribution >= 4 is 23.2 Å². The molecule has 0 spiro atoms. The Hall–Kier alpha value is -2.55. The normalized spacial score (nSPS) is 20.5. The summed E-state index contributed by atoms with van der Waals surface area (Å²) in [7, 11) is 0. The Morgan fingerprint density at radius 2 is 2.00 bits per heavy atom. The molecular formula is C25H31FN2O4S. The van der Waals surface area contributed by atoms with Gasteiger partial charge < -0.3 is 20.5 Å². The molecule has 6 nitrogen and oxygen atoms in total. The topological polar surface area (TPSA) is 87.7 Å². The molecule has 33 heavy (non-hydrogen) atoms. The van der Waals surface area contributed by atoms with Gasteiger partial charge in [0.1, 0.15) is 5.82 Å². The molecule has 0 saturated carbocycles. The summed E-state index contributed by atoms with van der Waals surface area (Å²) in [6, 6.07) is 6.15. The van der Waals surface area contributed by atoms with Gasteiger partial charge in [-0.1, -0.05) is 26.0 Å². The van der Waals surface area contributed by atoms with Gasteiger partial charge in [0.05, 0.1) is 18.2 Å². The Kier molecular flexibility index (Phi) is 8.77. The predicted molar refractivity (Wildman–Crippen MR) is 128 cm³/mol. The van der Waals surface area contributed by atoms with E-state index in [2.05, 4.69) is 10.6 Å². The van der Waals surface area contributed by atoms with E-state index >= 15 is 0 Å². The Morgan fingerprint density at radius 3 is 2.58 bits per heavy atom. The fraction of sp³-hybridized carbons (Fsp3) is 0.440. The van der Waals surface area contributed by atoms with Gasteiger partial charge in [0.15, 0.2) is 0 Å². The van der Waals surface area contributed by atoms with Crippen molar-refractivity contribution in [3.63, 3.8) is 0 Å². The van der Waals surface area contributed by atoms with Crippen molar-refractivity contribution in [2.24, 2.45) is 0 Å². The fourth-order valence-electron chi connectivity index (χ4n) is 4.11. The van der Waals surface area contributed by atoms with Gasteiger partial charge in [-0.15, -0.1) is 0 Å². The van der Waals surface area contributed by atoms with Crippen molar-refractivity contribution in [3.8, 4) is 11.1 Å². The van der Waals surface area contributed by atoms with E-state index in [0.717, 1.165) is 24.0 Å². The lowest BCUT2D eigenvalue weighted by atomic mass is 9.87. The van der Waals surface area contributed by atoms with E-state index in [4.69, 9.17) is 4.74 Å². The van der Waals surface area contributed by atoms with Gasteiger partial charge in [-0.25, -0.2) is 9.18 Å². The molecule has 3 atom stereocenters. The third kappa shape index (κ3) is 6.50. The summed E-state index contributed by atoms with van der Waals surface area (Å²) in [4.78, 5) is 23.7. The SMILES string of the molecule is CCC(CC)O[C@@H]1C=C(C(=O)O)C[C@H](NCc2ccc(-c3ccsc3)cc2F)[C@H]1NC(C)=O. The van der Waals surface area contributed by atoms with Crippen LogP contribution in [0.4, 0.5) is 4.39 Å². The lowest BCUT2D eigenvalue weighted by molar-refractivity contribution is -0.133. The molecule has 2 aromatic rings. The zero-order chi connectivity index (χ0) is 24.0. The van der Waals surface area contributed by atoms with Gasteiger partial charge in [-0.2, -0.15) is 11.3 Å². The van der Waals surface area contributed by atoms with Crippen LogP contribution in [0.25, 0.3) is 11.1 Å². The molecule has 178 valence electrons. The second-order valence-electron chi connectivity index (χ2n) is 8.27. The number of aliphatic carboxylic acids is 1. The summed E-state index contributed by atoms with van der Waals surface area (Å²) in [5.74, 6) is -1.59. The quantitative estimate of drug-likeness (QED) is 0.472. The van der Waals surface area contributed by atoms with E-state index in [-0.39, 0.29) is 36.4 Å². The highest BCUT2D eigenvalue weighted by Gasteiger charge is 2.37. The lowest BCUT2D eigenvalue weighted by Gasteiger charge is -2.38. The van der Waals surface area contributed by atoms with Crippen LogP contribution in [-0.2, 0) is 20.9 Å². The van der Waals surface area contributed by atoms with E-state index in [1.807, 2.05) is 36.7 Å². The maximum Gasteiger partial charge on any atom is 0.331 e. The van der Waals surface area contributed by atoms with Crippen molar-refractivity contribution < 1.29 is 23.8 Å². The minimum atomic E-state index is -1.02. The molecule has 1 aromatic carbocycles. The number of ether oxygens (including phenoxy) is 1. The van der Waals surface area contributed by atoms with Crippen LogP contribution in [0.1, 0.15) is 45.6 Å². The Bertz CT molecular complexity index is 988. The monoisotopic (exact) mass is 474 g/mol. The van der Waals surface area contributed by atoms with Gasteiger partial charge in [0.2, 0.25) is 5.91 Å². The number of carbonyl (C=O) groups is 2. The van der Waals surface area contributed by atoms with Crippen LogP contribution in [0.2, 0.25) is 0 Å². The van der Waals surface area contributed by atoms with Crippen molar-refractivity contribution in [2.75, 3.05) is 0 Å². The standard InChI is InChI=1S/C25H31FN2O4S/c1-4-20(5-2)32-23-12-19(25(30)31)11-22(24(23)28-15(3)29)27-13-17-7-6-16(10-21(17)26)18-8-9-33-14-18/h6-10,12,14,20,22-24,27H,4-5,11,13H2,1-3H3,(H,28,29)(H,30,31)/t22-,23+,24+/m0/s1. The molecule has 1 aliphatic rings. The second kappa shape index (κ2) is 11.5.